The van der Waals surface area contributed by atoms with Gasteiger partial charge in [0.25, 0.3) is 0 Å². The highest BCUT2D eigenvalue weighted by atomic mass is 35.5. The van der Waals surface area contributed by atoms with Gasteiger partial charge in [-0.05, 0) is 0 Å². The number of aromatic nitrogens is 2. The Hall–Kier alpha value is -1.77. The molecule has 6 nitrogen and oxygen atoms in total. The summed E-state index contributed by atoms with van der Waals surface area (Å²) >= 11 is 5.31. The predicted octanol–water partition coefficient (Wildman–Crippen LogP) is 1.26. The average molecular weight is 258 g/mol. The number of imidazole rings is 1. The topological polar surface area (TPSA) is 95.1 Å². The maximum absolute atomic E-state index is 11.8. The number of nitrogens with one attached hydrogen (secondary N) is 2. The molecule has 0 saturated carbocycles. The van der Waals surface area contributed by atoms with Crippen molar-refractivity contribution in [3.8, 4) is 0 Å². The third-order valence-electron chi connectivity index (χ3n) is 1.35. The van der Waals surface area contributed by atoms with Crippen molar-refractivity contribution in [2.24, 2.45) is 0 Å². The van der Waals surface area contributed by atoms with E-state index in [1.165, 1.54) is 5.32 Å². The van der Waals surface area contributed by atoms with Gasteiger partial charge in [0.05, 0.1) is 0 Å². The molecule has 88 valence electrons. The molecule has 0 atom stereocenters. The van der Waals surface area contributed by atoms with E-state index in [2.05, 4.69) is 4.98 Å². The van der Waals surface area contributed by atoms with Crippen molar-refractivity contribution in [1.82, 2.24) is 9.97 Å². The lowest BCUT2D eigenvalue weighted by atomic mass is 10.5. The van der Waals surface area contributed by atoms with Gasteiger partial charge in [-0.15, -0.1) is 0 Å². The largest absolute Gasteiger partial charge is 0.476 e. The number of carbonyl (C=O) groups is 2. The molecule has 0 aliphatic heterocycles. The lowest BCUT2D eigenvalue weighted by Crippen LogP contribution is -2.30. The number of alkyl halides is 3. The summed E-state index contributed by atoms with van der Waals surface area (Å²) in [5, 5.41) is 9.31. The van der Waals surface area contributed by atoms with Crippen LogP contribution in [0.25, 0.3) is 0 Å². The van der Waals surface area contributed by atoms with Crippen molar-refractivity contribution >= 4 is 29.4 Å². The molecule has 1 rings (SSSR count). The van der Waals surface area contributed by atoms with E-state index in [1.54, 1.807) is 0 Å². The first-order valence-electron chi connectivity index (χ1n) is 3.58. The minimum Gasteiger partial charge on any atom is -0.476 e. The van der Waals surface area contributed by atoms with Crippen molar-refractivity contribution < 1.29 is 27.9 Å². The second-order valence-electron chi connectivity index (χ2n) is 2.51. The van der Waals surface area contributed by atoms with Crippen LogP contribution in [0.2, 0.25) is 5.15 Å². The Bertz CT molecular complexity index is 442. The summed E-state index contributed by atoms with van der Waals surface area (Å²) in [6.07, 6.45) is -5.09. The lowest BCUT2D eigenvalue weighted by molar-refractivity contribution is -0.167. The molecule has 0 fully saturated rings. The summed E-state index contributed by atoms with van der Waals surface area (Å²) in [6, 6.07) is 0. The minimum atomic E-state index is -5.09. The van der Waals surface area contributed by atoms with E-state index in [1.807, 2.05) is 4.98 Å². The second kappa shape index (κ2) is 4.00. The fraction of sp³-hybridized carbons (Fsp3) is 0.167. The Balaban J connectivity index is 2.88. The zero-order chi connectivity index (χ0) is 12.5. The van der Waals surface area contributed by atoms with E-state index in [-0.39, 0.29) is 0 Å². The van der Waals surface area contributed by atoms with Gasteiger partial charge in [0, 0.05) is 0 Å². The molecule has 0 aliphatic rings. The average Bonchev–Trinajstić information content (AvgIpc) is 2.45. The maximum Gasteiger partial charge on any atom is 0.471 e. The monoisotopic (exact) mass is 257 g/mol. The molecule has 0 aromatic carbocycles. The van der Waals surface area contributed by atoms with Gasteiger partial charge in [-0.2, -0.15) is 13.2 Å². The highest BCUT2D eigenvalue weighted by Gasteiger charge is 2.39. The van der Waals surface area contributed by atoms with Crippen LogP contribution in [0.5, 0.6) is 0 Å². The summed E-state index contributed by atoms with van der Waals surface area (Å²) in [6.45, 7) is 0. The van der Waals surface area contributed by atoms with Crippen LogP contribution < -0.4 is 5.32 Å². The van der Waals surface area contributed by atoms with Gasteiger partial charge in [-0.3, -0.25) is 10.1 Å². The minimum absolute atomic E-state index is 0.482. The highest BCUT2D eigenvalue weighted by Crippen LogP contribution is 2.19. The molecule has 1 aromatic rings. The number of carboxylic acids is 1. The molecule has 0 saturated heterocycles. The van der Waals surface area contributed by atoms with Gasteiger partial charge in [-0.25, -0.2) is 9.78 Å². The van der Waals surface area contributed by atoms with Crippen LogP contribution in [0.15, 0.2) is 0 Å². The van der Waals surface area contributed by atoms with E-state index in [9.17, 15) is 22.8 Å². The molecule has 0 bridgehead atoms. The standard InChI is InChI=1S/C6H3ClF3N3O3/c7-2-1(3(14)15)11-5(12-2)13-4(16)6(8,9)10/h(H,14,15)(H2,11,12,13,16). The van der Waals surface area contributed by atoms with Crippen LogP contribution in [0.3, 0.4) is 0 Å². The smallest absolute Gasteiger partial charge is 0.471 e. The van der Waals surface area contributed by atoms with Crippen molar-refractivity contribution in [2.45, 2.75) is 6.18 Å². The van der Waals surface area contributed by atoms with Crippen molar-refractivity contribution in [1.29, 1.82) is 0 Å². The molecule has 1 amide bonds. The van der Waals surface area contributed by atoms with E-state index < -0.39 is 34.8 Å². The lowest BCUT2D eigenvalue weighted by Gasteiger charge is -2.04. The summed E-state index contributed by atoms with van der Waals surface area (Å²) in [5.41, 5.74) is -0.681. The normalized spacial score (nSPS) is 11.2. The molecule has 10 heteroatoms. The number of nitrogens with zero attached hydrogens (tertiary/aromatic N) is 1. The van der Waals surface area contributed by atoms with Crippen molar-refractivity contribution in [3.05, 3.63) is 10.8 Å². The number of carbonyl (C=O) groups excluding carboxylic acids is 1. The van der Waals surface area contributed by atoms with Crippen LogP contribution >= 0.6 is 11.6 Å². The molecule has 0 radical (unpaired) electrons. The van der Waals surface area contributed by atoms with Crippen LogP contribution in [0, 0.1) is 0 Å². The molecule has 0 aliphatic carbocycles. The summed E-state index contributed by atoms with van der Waals surface area (Å²) in [5.74, 6) is -4.51. The van der Waals surface area contributed by atoms with Crippen LogP contribution in [-0.4, -0.2) is 33.1 Å². The van der Waals surface area contributed by atoms with Crippen LogP contribution in [0.1, 0.15) is 10.5 Å². The van der Waals surface area contributed by atoms with E-state index in [4.69, 9.17) is 16.7 Å². The number of aromatic carboxylic acids is 1. The third kappa shape index (κ3) is 2.63. The summed E-state index contributed by atoms with van der Waals surface area (Å²) in [7, 11) is 0. The zero-order valence-electron chi connectivity index (χ0n) is 7.22. The summed E-state index contributed by atoms with van der Waals surface area (Å²) < 4.78 is 35.4. The van der Waals surface area contributed by atoms with E-state index in [0.717, 1.165) is 0 Å². The predicted molar refractivity (Wildman–Crippen MR) is 45.2 cm³/mol. The fourth-order valence-corrected chi connectivity index (χ4v) is 0.944. The molecular formula is C6H3ClF3N3O3. The van der Waals surface area contributed by atoms with Gasteiger partial charge in [0.1, 0.15) is 5.15 Å². The molecule has 0 spiro atoms. The fourth-order valence-electron chi connectivity index (χ4n) is 0.731. The molecule has 3 N–H and O–H groups in total. The Labute approximate surface area is 90.4 Å². The van der Waals surface area contributed by atoms with E-state index >= 15 is 0 Å². The van der Waals surface area contributed by atoms with Gasteiger partial charge in [0.15, 0.2) is 5.69 Å². The Morgan fingerprint density at radius 2 is 2.00 bits per heavy atom. The molecule has 1 heterocycles. The van der Waals surface area contributed by atoms with Crippen LogP contribution in [0.4, 0.5) is 19.1 Å². The Kier molecular flexibility index (Phi) is 3.08. The number of hydrogen-bond donors (Lipinski definition) is 3. The van der Waals surface area contributed by atoms with Crippen LogP contribution in [-0.2, 0) is 4.79 Å². The second-order valence-corrected chi connectivity index (χ2v) is 2.88. The molecule has 16 heavy (non-hydrogen) atoms. The molecule has 0 unspecified atom stereocenters. The first kappa shape index (κ1) is 12.3. The number of anilines is 1. The number of rotatable bonds is 2. The van der Waals surface area contributed by atoms with Crippen molar-refractivity contribution in [2.75, 3.05) is 5.32 Å². The number of halogens is 4. The van der Waals surface area contributed by atoms with E-state index in [0.29, 0.717) is 0 Å². The molecular weight excluding hydrogens is 255 g/mol. The van der Waals surface area contributed by atoms with Crippen molar-refractivity contribution in [3.63, 3.8) is 0 Å². The number of hydrogen-bond acceptors (Lipinski definition) is 3. The third-order valence-corrected chi connectivity index (χ3v) is 1.63. The highest BCUT2D eigenvalue weighted by molar-refractivity contribution is 6.32. The number of H-pyrrole nitrogens is 1. The van der Waals surface area contributed by atoms with Gasteiger partial charge in [-0.1, -0.05) is 11.6 Å². The van der Waals surface area contributed by atoms with Gasteiger partial charge >= 0.3 is 18.1 Å². The number of amides is 1. The number of carboxylic acid groups (broad SMARTS) is 1. The Morgan fingerprint density at radius 3 is 2.38 bits per heavy atom. The number of aromatic amines is 1. The van der Waals surface area contributed by atoms with Gasteiger partial charge < -0.3 is 10.1 Å². The SMILES string of the molecule is O=C(O)c1nc(NC(=O)C(F)(F)F)[nH]c1Cl. The maximum atomic E-state index is 11.8. The first-order valence-corrected chi connectivity index (χ1v) is 3.96. The quantitative estimate of drug-likeness (QED) is 0.743. The Morgan fingerprint density at radius 1 is 1.44 bits per heavy atom. The summed E-state index contributed by atoms with van der Waals surface area (Å²) in [4.78, 5) is 26.0. The zero-order valence-corrected chi connectivity index (χ0v) is 7.98. The molecule has 1 aromatic heterocycles. The first-order chi connectivity index (χ1) is 7.21. The van der Waals surface area contributed by atoms with Gasteiger partial charge in [0.2, 0.25) is 5.95 Å².